The van der Waals surface area contributed by atoms with E-state index < -0.39 is 12.1 Å². The number of nitrogens with one attached hydrogen (secondary N) is 2. The molecule has 1 aromatic carbocycles. The highest BCUT2D eigenvalue weighted by molar-refractivity contribution is 5.95. The van der Waals surface area contributed by atoms with Crippen LogP contribution in [0.1, 0.15) is 12.8 Å². The van der Waals surface area contributed by atoms with E-state index in [4.69, 9.17) is 16.2 Å². The molecule has 0 spiro atoms. The maximum absolute atomic E-state index is 12.0. The molecular formula is C13H18N4O3. The lowest BCUT2D eigenvalue weighted by Crippen LogP contribution is -2.29. The van der Waals surface area contributed by atoms with E-state index in [0.717, 1.165) is 6.42 Å². The molecule has 1 aliphatic rings. The van der Waals surface area contributed by atoms with Crippen LogP contribution < -0.4 is 22.1 Å². The van der Waals surface area contributed by atoms with Crippen LogP contribution in [0.2, 0.25) is 0 Å². The molecule has 0 saturated carbocycles. The number of benzene rings is 1. The lowest BCUT2D eigenvalue weighted by molar-refractivity contribution is -0.126. The topological polar surface area (TPSA) is 119 Å². The summed E-state index contributed by atoms with van der Waals surface area (Å²) in [5.74, 6) is -0.184. The molecule has 2 rings (SSSR count). The first kappa shape index (κ1) is 14.3. The highest BCUT2D eigenvalue weighted by Crippen LogP contribution is 2.21. The van der Waals surface area contributed by atoms with Gasteiger partial charge >= 0.3 is 6.03 Å². The second kappa shape index (κ2) is 6.36. The third-order valence-corrected chi connectivity index (χ3v) is 3.08. The van der Waals surface area contributed by atoms with Crippen LogP contribution in [-0.2, 0) is 9.53 Å². The number of hydrogen-bond acceptors (Lipinski definition) is 4. The first-order valence-corrected chi connectivity index (χ1v) is 6.41. The number of carbonyl (C=O) groups is 2. The minimum atomic E-state index is -0.631. The maximum atomic E-state index is 12.0. The molecule has 0 bridgehead atoms. The van der Waals surface area contributed by atoms with Gasteiger partial charge in [0, 0.05) is 17.9 Å². The number of nitrogens with two attached hydrogens (primary N) is 2. The predicted molar refractivity (Wildman–Crippen MR) is 75.2 cm³/mol. The summed E-state index contributed by atoms with van der Waals surface area (Å²) < 4.78 is 5.51. The van der Waals surface area contributed by atoms with Gasteiger partial charge < -0.3 is 26.8 Å². The largest absolute Gasteiger partial charge is 0.364 e. The van der Waals surface area contributed by atoms with Crippen molar-refractivity contribution in [3.8, 4) is 0 Å². The van der Waals surface area contributed by atoms with Crippen molar-refractivity contribution in [1.82, 2.24) is 0 Å². The van der Waals surface area contributed by atoms with Gasteiger partial charge in [-0.2, -0.15) is 0 Å². The van der Waals surface area contributed by atoms with Gasteiger partial charge in [-0.3, -0.25) is 4.79 Å². The quantitative estimate of drug-likeness (QED) is 0.645. The molecule has 20 heavy (non-hydrogen) atoms. The van der Waals surface area contributed by atoms with Crippen LogP contribution in [0.25, 0.3) is 0 Å². The van der Waals surface area contributed by atoms with Gasteiger partial charge in [0.25, 0.3) is 5.91 Å². The highest BCUT2D eigenvalue weighted by Gasteiger charge is 2.29. The number of urea groups is 1. The number of amides is 3. The van der Waals surface area contributed by atoms with E-state index in [1.54, 1.807) is 24.3 Å². The molecule has 1 aromatic rings. The fourth-order valence-electron chi connectivity index (χ4n) is 2.07. The van der Waals surface area contributed by atoms with E-state index in [1.807, 2.05) is 0 Å². The fourth-order valence-corrected chi connectivity index (χ4v) is 2.07. The second-order valence-corrected chi connectivity index (χ2v) is 4.62. The number of rotatable bonds is 4. The Labute approximate surface area is 116 Å². The monoisotopic (exact) mass is 278 g/mol. The molecular weight excluding hydrogens is 260 g/mol. The third-order valence-electron chi connectivity index (χ3n) is 3.08. The van der Waals surface area contributed by atoms with Gasteiger partial charge in [-0.15, -0.1) is 0 Å². The Kier molecular flexibility index (Phi) is 4.54. The molecule has 1 heterocycles. The van der Waals surface area contributed by atoms with Crippen LogP contribution in [0.5, 0.6) is 0 Å². The molecule has 1 fully saturated rings. The molecule has 108 valence electrons. The molecule has 0 radical (unpaired) electrons. The van der Waals surface area contributed by atoms with Gasteiger partial charge in [-0.05, 0) is 37.1 Å². The SMILES string of the molecule is NC[C@H]1CC[C@@H](C(=O)Nc2ccc(NC(N)=O)cc2)O1. The first-order chi connectivity index (χ1) is 9.58. The zero-order chi connectivity index (χ0) is 14.5. The van der Waals surface area contributed by atoms with Crippen LogP contribution in [-0.4, -0.2) is 30.7 Å². The summed E-state index contributed by atoms with van der Waals surface area (Å²) in [6, 6.07) is 6.03. The van der Waals surface area contributed by atoms with Crippen molar-refractivity contribution in [2.24, 2.45) is 11.5 Å². The summed E-state index contributed by atoms with van der Waals surface area (Å²) in [7, 11) is 0. The van der Waals surface area contributed by atoms with Crippen molar-refractivity contribution < 1.29 is 14.3 Å². The Morgan fingerprint density at radius 3 is 2.25 bits per heavy atom. The molecule has 7 heteroatoms. The zero-order valence-corrected chi connectivity index (χ0v) is 11.0. The third kappa shape index (κ3) is 3.69. The van der Waals surface area contributed by atoms with Crippen LogP contribution in [0, 0.1) is 0 Å². The van der Waals surface area contributed by atoms with E-state index in [9.17, 15) is 9.59 Å². The molecule has 1 saturated heterocycles. The smallest absolute Gasteiger partial charge is 0.316 e. The molecule has 0 unspecified atom stereocenters. The Morgan fingerprint density at radius 2 is 1.75 bits per heavy atom. The van der Waals surface area contributed by atoms with Gasteiger partial charge in [-0.25, -0.2) is 4.79 Å². The van der Waals surface area contributed by atoms with Gasteiger partial charge in [0.15, 0.2) is 0 Å². The summed E-state index contributed by atoms with van der Waals surface area (Å²) in [6.45, 7) is 0.428. The second-order valence-electron chi connectivity index (χ2n) is 4.62. The maximum Gasteiger partial charge on any atom is 0.316 e. The van der Waals surface area contributed by atoms with E-state index in [0.29, 0.717) is 24.3 Å². The predicted octanol–water partition coefficient (Wildman–Crippen LogP) is 0.622. The molecule has 7 nitrogen and oxygen atoms in total. The van der Waals surface area contributed by atoms with E-state index in [-0.39, 0.29) is 12.0 Å². The summed E-state index contributed by atoms with van der Waals surface area (Å²) in [4.78, 5) is 22.7. The summed E-state index contributed by atoms with van der Waals surface area (Å²) in [5, 5.41) is 5.20. The summed E-state index contributed by atoms with van der Waals surface area (Å²) in [6.07, 6.45) is 0.991. The highest BCUT2D eigenvalue weighted by atomic mass is 16.5. The summed E-state index contributed by atoms with van der Waals surface area (Å²) in [5.41, 5.74) is 11.7. The normalized spacial score (nSPS) is 21.4. The number of primary amides is 1. The van der Waals surface area contributed by atoms with E-state index in [1.165, 1.54) is 0 Å². The number of anilines is 2. The van der Waals surface area contributed by atoms with Crippen LogP contribution in [0.15, 0.2) is 24.3 Å². The molecule has 0 aliphatic carbocycles. The molecule has 3 amide bonds. The minimum absolute atomic E-state index is 0.0344. The van der Waals surface area contributed by atoms with Crippen LogP contribution in [0.3, 0.4) is 0 Å². The van der Waals surface area contributed by atoms with Gasteiger partial charge in [0.2, 0.25) is 0 Å². The average Bonchev–Trinajstić information content (AvgIpc) is 2.89. The standard InChI is InChI=1S/C13H18N4O3/c14-7-10-5-6-11(20-10)12(18)16-8-1-3-9(4-2-8)17-13(15)19/h1-4,10-11H,5-7,14H2,(H,16,18)(H3,15,17,19)/t10-,11+/m1/s1. The van der Waals surface area contributed by atoms with Gasteiger partial charge in [0.05, 0.1) is 6.10 Å². The number of carbonyl (C=O) groups excluding carboxylic acids is 2. The van der Waals surface area contributed by atoms with E-state index in [2.05, 4.69) is 10.6 Å². The Morgan fingerprint density at radius 1 is 1.15 bits per heavy atom. The molecule has 1 aliphatic heterocycles. The summed E-state index contributed by atoms with van der Waals surface area (Å²) >= 11 is 0. The van der Waals surface area contributed by atoms with Crippen LogP contribution >= 0.6 is 0 Å². The number of hydrogen-bond donors (Lipinski definition) is 4. The minimum Gasteiger partial charge on any atom is -0.364 e. The Bertz CT molecular complexity index is 489. The zero-order valence-electron chi connectivity index (χ0n) is 11.0. The fraction of sp³-hybridized carbons (Fsp3) is 0.385. The van der Waals surface area contributed by atoms with Gasteiger partial charge in [-0.1, -0.05) is 0 Å². The van der Waals surface area contributed by atoms with Crippen LogP contribution in [0.4, 0.5) is 16.2 Å². The van der Waals surface area contributed by atoms with Gasteiger partial charge in [0.1, 0.15) is 6.10 Å². The van der Waals surface area contributed by atoms with Crippen molar-refractivity contribution in [3.05, 3.63) is 24.3 Å². The van der Waals surface area contributed by atoms with Crippen molar-refractivity contribution in [3.63, 3.8) is 0 Å². The Balaban J connectivity index is 1.90. The molecule has 2 atom stereocenters. The molecule has 6 N–H and O–H groups in total. The number of ether oxygens (including phenoxy) is 1. The van der Waals surface area contributed by atoms with E-state index >= 15 is 0 Å². The van der Waals surface area contributed by atoms with Crippen molar-refractivity contribution in [2.75, 3.05) is 17.2 Å². The lowest BCUT2D eigenvalue weighted by atomic mass is 10.2. The van der Waals surface area contributed by atoms with Crippen molar-refractivity contribution >= 4 is 23.3 Å². The first-order valence-electron chi connectivity index (χ1n) is 6.41. The lowest BCUT2D eigenvalue weighted by Gasteiger charge is -2.13. The average molecular weight is 278 g/mol. The Hall–Kier alpha value is -2.12. The van der Waals surface area contributed by atoms with Crippen molar-refractivity contribution in [2.45, 2.75) is 25.0 Å². The van der Waals surface area contributed by atoms with Crippen molar-refractivity contribution in [1.29, 1.82) is 0 Å². The molecule has 0 aromatic heterocycles.